The molecule has 3 rings (SSSR count). The van der Waals surface area contributed by atoms with Gasteiger partial charge in [0.05, 0.1) is 17.7 Å². The van der Waals surface area contributed by atoms with E-state index in [1.165, 1.54) is 23.5 Å². The molecule has 6 nitrogen and oxygen atoms in total. The Bertz CT molecular complexity index is 1020. The van der Waals surface area contributed by atoms with Crippen LogP contribution in [-0.4, -0.2) is 38.8 Å². The van der Waals surface area contributed by atoms with Gasteiger partial charge in [-0.15, -0.1) is 0 Å². The van der Waals surface area contributed by atoms with Gasteiger partial charge in [-0.05, 0) is 55.2 Å². The van der Waals surface area contributed by atoms with E-state index in [2.05, 4.69) is 5.32 Å². The maximum Gasteiger partial charge on any atom is 0.243 e. The van der Waals surface area contributed by atoms with Crippen molar-refractivity contribution in [3.05, 3.63) is 52.0 Å². The van der Waals surface area contributed by atoms with Crippen LogP contribution in [0.5, 0.6) is 5.75 Å². The van der Waals surface area contributed by atoms with Gasteiger partial charge in [-0.3, -0.25) is 4.79 Å². The van der Waals surface area contributed by atoms with Crippen LogP contribution < -0.4 is 10.1 Å². The minimum absolute atomic E-state index is 0.140. The molecule has 1 N–H and O–H groups in total. The van der Waals surface area contributed by atoms with E-state index in [0.717, 1.165) is 24.8 Å². The van der Waals surface area contributed by atoms with Gasteiger partial charge in [-0.25, -0.2) is 8.42 Å². The number of nitrogens with zero attached hydrogens (tertiary/aromatic N) is 1. The molecule has 162 valence electrons. The molecular weight excluding hydrogens is 447 g/mol. The summed E-state index contributed by atoms with van der Waals surface area (Å²) >= 11 is 12.1. The number of methoxy groups -OCH3 is 1. The van der Waals surface area contributed by atoms with Crippen molar-refractivity contribution in [3.63, 3.8) is 0 Å². The molecule has 1 aliphatic heterocycles. The Morgan fingerprint density at radius 3 is 2.50 bits per heavy atom. The van der Waals surface area contributed by atoms with Gasteiger partial charge in [0, 0.05) is 29.6 Å². The minimum atomic E-state index is -3.61. The lowest BCUT2D eigenvalue weighted by Crippen LogP contribution is -2.35. The van der Waals surface area contributed by atoms with E-state index in [9.17, 15) is 13.2 Å². The lowest BCUT2D eigenvalue weighted by Gasteiger charge is -2.26. The number of nitrogens with one attached hydrogen (secondary N) is 1. The molecule has 0 unspecified atom stereocenters. The van der Waals surface area contributed by atoms with E-state index < -0.39 is 10.0 Å². The summed E-state index contributed by atoms with van der Waals surface area (Å²) < 4.78 is 32.7. The van der Waals surface area contributed by atoms with Crippen LogP contribution in [0, 0.1) is 0 Å². The van der Waals surface area contributed by atoms with Gasteiger partial charge in [-0.1, -0.05) is 35.7 Å². The molecule has 1 saturated heterocycles. The smallest absolute Gasteiger partial charge is 0.243 e. The van der Waals surface area contributed by atoms with Crippen molar-refractivity contribution in [1.29, 1.82) is 0 Å². The Morgan fingerprint density at radius 1 is 1.10 bits per heavy atom. The zero-order valence-corrected chi connectivity index (χ0v) is 19.0. The van der Waals surface area contributed by atoms with Gasteiger partial charge in [0.2, 0.25) is 15.9 Å². The van der Waals surface area contributed by atoms with Crippen LogP contribution in [0.3, 0.4) is 0 Å². The SMILES string of the molecule is COc1ccc(S(=O)(=O)N2CCCCC2)cc1NC(=O)CCc1ccc(Cl)cc1Cl. The number of carbonyl (C=O) groups excluding carboxylic acids is 1. The fourth-order valence-electron chi connectivity index (χ4n) is 3.38. The van der Waals surface area contributed by atoms with Gasteiger partial charge in [0.15, 0.2) is 0 Å². The lowest BCUT2D eigenvalue weighted by atomic mass is 10.1. The van der Waals surface area contributed by atoms with Crippen LogP contribution in [0.2, 0.25) is 10.0 Å². The standard InChI is InChI=1S/C21H24Cl2N2O4S/c1-29-20-9-8-17(30(27,28)25-11-3-2-4-12-25)14-19(20)24-21(26)10-6-15-5-7-16(22)13-18(15)23/h5,7-9,13-14H,2-4,6,10-12H2,1H3,(H,24,26). The highest BCUT2D eigenvalue weighted by Crippen LogP contribution is 2.30. The molecule has 2 aromatic carbocycles. The van der Waals surface area contributed by atoms with E-state index in [-0.39, 0.29) is 17.2 Å². The first-order chi connectivity index (χ1) is 14.3. The number of carbonyl (C=O) groups is 1. The molecule has 0 aromatic heterocycles. The molecule has 0 bridgehead atoms. The number of aryl methyl sites for hydroxylation is 1. The van der Waals surface area contributed by atoms with E-state index >= 15 is 0 Å². The van der Waals surface area contributed by atoms with Crippen molar-refractivity contribution in [1.82, 2.24) is 4.31 Å². The zero-order valence-electron chi connectivity index (χ0n) is 16.7. The summed E-state index contributed by atoms with van der Waals surface area (Å²) in [6.07, 6.45) is 3.34. The Morgan fingerprint density at radius 2 is 1.83 bits per heavy atom. The summed E-state index contributed by atoms with van der Waals surface area (Å²) in [6, 6.07) is 9.65. The van der Waals surface area contributed by atoms with Crippen molar-refractivity contribution in [3.8, 4) is 5.75 Å². The molecule has 1 aliphatic rings. The summed E-state index contributed by atoms with van der Waals surface area (Å²) in [6.45, 7) is 1.02. The molecule has 0 radical (unpaired) electrons. The number of rotatable bonds is 7. The molecule has 1 fully saturated rings. The summed E-state index contributed by atoms with van der Waals surface area (Å²) in [7, 11) is -2.14. The fraction of sp³-hybridized carbons (Fsp3) is 0.381. The van der Waals surface area contributed by atoms with Gasteiger partial charge in [0.1, 0.15) is 5.75 Å². The van der Waals surface area contributed by atoms with Crippen molar-refractivity contribution in [2.24, 2.45) is 0 Å². The molecule has 1 amide bonds. The Hall–Kier alpha value is -1.80. The van der Waals surface area contributed by atoms with Gasteiger partial charge < -0.3 is 10.1 Å². The van der Waals surface area contributed by atoms with Crippen LogP contribution >= 0.6 is 23.2 Å². The van der Waals surface area contributed by atoms with Crippen molar-refractivity contribution >= 4 is 44.8 Å². The quantitative estimate of drug-likeness (QED) is 0.633. The molecule has 2 aromatic rings. The predicted molar refractivity (Wildman–Crippen MR) is 119 cm³/mol. The van der Waals surface area contributed by atoms with Crippen molar-refractivity contribution in [2.75, 3.05) is 25.5 Å². The molecule has 0 atom stereocenters. The van der Waals surface area contributed by atoms with E-state index in [1.54, 1.807) is 24.3 Å². The van der Waals surface area contributed by atoms with E-state index in [0.29, 0.717) is 41.0 Å². The third-order valence-electron chi connectivity index (χ3n) is 5.03. The zero-order chi connectivity index (χ0) is 21.7. The number of anilines is 1. The Kier molecular flexibility index (Phi) is 7.63. The molecule has 1 heterocycles. The molecule has 0 aliphatic carbocycles. The molecule has 9 heteroatoms. The van der Waals surface area contributed by atoms with Crippen LogP contribution in [0.4, 0.5) is 5.69 Å². The van der Waals surface area contributed by atoms with Crippen LogP contribution in [0.1, 0.15) is 31.2 Å². The Balaban J connectivity index is 1.74. The molecule has 0 saturated carbocycles. The van der Waals surface area contributed by atoms with E-state index in [1.807, 2.05) is 0 Å². The number of piperidine rings is 1. The highest BCUT2D eigenvalue weighted by atomic mass is 35.5. The lowest BCUT2D eigenvalue weighted by molar-refractivity contribution is -0.116. The monoisotopic (exact) mass is 470 g/mol. The summed E-state index contributed by atoms with van der Waals surface area (Å²) in [5.41, 5.74) is 1.13. The first-order valence-electron chi connectivity index (χ1n) is 9.73. The maximum absolute atomic E-state index is 12.9. The number of ether oxygens (including phenoxy) is 1. The van der Waals surface area contributed by atoms with Gasteiger partial charge in [0.25, 0.3) is 0 Å². The van der Waals surface area contributed by atoms with Crippen LogP contribution in [-0.2, 0) is 21.2 Å². The third-order valence-corrected chi connectivity index (χ3v) is 7.52. The Labute approximate surface area is 187 Å². The second-order valence-electron chi connectivity index (χ2n) is 7.11. The second kappa shape index (κ2) is 10.0. The molecular formula is C21H24Cl2N2O4S. The van der Waals surface area contributed by atoms with Crippen molar-refractivity contribution in [2.45, 2.75) is 37.0 Å². The predicted octanol–water partition coefficient (Wildman–Crippen LogP) is 4.75. The average Bonchev–Trinajstić information content (AvgIpc) is 2.73. The largest absolute Gasteiger partial charge is 0.495 e. The highest BCUT2D eigenvalue weighted by Gasteiger charge is 2.27. The number of halogens is 2. The minimum Gasteiger partial charge on any atom is -0.495 e. The first kappa shape index (κ1) is 22.9. The normalized spacial score (nSPS) is 15.0. The number of hydrogen-bond donors (Lipinski definition) is 1. The number of hydrogen-bond acceptors (Lipinski definition) is 4. The molecule has 0 spiro atoms. The second-order valence-corrected chi connectivity index (χ2v) is 9.89. The highest BCUT2D eigenvalue weighted by molar-refractivity contribution is 7.89. The third kappa shape index (κ3) is 5.46. The number of benzene rings is 2. The van der Waals surface area contributed by atoms with Crippen molar-refractivity contribution < 1.29 is 17.9 Å². The van der Waals surface area contributed by atoms with Crippen LogP contribution in [0.15, 0.2) is 41.3 Å². The number of amides is 1. The summed E-state index contributed by atoms with van der Waals surface area (Å²) in [5, 5.41) is 3.80. The van der Waals surface area contributed by atoms with Crippen LogP contribution in [0.25, 0.3) is 0 Å². The molecule has 30 heavy (non-hydrogen) atoms. The fourth-order valence-corrected chi connectivity index (χ4v) is 5.43. The maximum atomic E-state index is 12.9. The van der Waals surface area contributed by atoms with Gasteiger partial charge in [-0.2, -0.15) is 4.31 Å². The summed E-state index contributed by atoms with van der Waals surface area (Å²) in [5.74, 6) is 0.123. The number of sulfonamides is 1. The van der Waals surface area contributed by atoms with Gasteiger partial charge >= 0.3 is 0 Å². The first-order valence-corrected chi connectivity index (χ1v) is 11.9. The average molecular weight is 471 g/mol. The topological polar surface area (TPSA) is 75.7 Å². The van der Waals surface area contributed by atoms with E-state index in [4.69, 9.17) is 27.9 Å². The summed E-state index contributed by atoms with van der Waals surface area (Å²) in [4.78, 5) is 12.6.